The lowest BCUT2D eigenvalue weighted by atomic mass is 9.92. The Morgan fingerprint density at radius 1 is 1.17 bits per heavy atom. The van der Waals surface area contributed by atoms with Gasteiger partial charge in [-0.3, -0.25) is 10.2 Å². The van der Waals surface area contributed by atoms with Crippen molar-refractivity contribution in [2.24, 2.45) is 0 Å². The molecule has 1 fully saturated rings. The van der Waals surface area contributed by atoms with Gasteiger partial charge in [0, 0.05) is 12.0 Å². The van der Waals surface area contributed by atoms with Crippen LogP contribution in [0.4, 0.5) is 13.2 Å². The molecular weight excluding hydrogens is 317 g/mol. The van der Waals surface area contributed by atoms with Crippen molar-refractivity contribution in [1.82, 2.24) is 10.4 Å². The Morgan fingerprint density at radius 2 is 1.79 bits per heavy atom. The fraction of sp³-hybridized carbons (Fsp3) is 0.389. The van der Waals surface area contributed by atoms with E-state index in [1.165, 1.54) is 6.07 Å². The van der Waals surface area contributed by atoms with Crippen LogP contribution in [0.1, 0.15) is 37.4 Å². The SMILES string of the molecule is Cc1cccc2cccc([C@H](N3NC(=O)CC3(C)C)C(F)(F)F)c12. The number of amides is 1. The van der Waals surface area contributed by atoms with Crippen LogP contribution in [0.3, 0.4) is 0 Å². The van der Waals surface area contributed by atoms with Gasteiger partial charge in [-0.15, -0.1) is 0 Å². The lowest BCUT2D eigenvalue weighted by Gasteiger charge is -2.38. The van der Waals surface area contributed by atoms with E-state index < -0.39 is 23.7 Å². The van der Waals surface area contributed by atoms with Crippen LogP contribution in [-0.4, -0.2) is 22.6 Å². The third kappa shape index (κ3) is 2.75. The minimum Gasteiger partial charge on any atom is -0.287 e. The highest BCUT2D eigenvalue weighted by atomic mass is 19.4. The van der Waals surface area contributed by atoms with Crippen LogP contribution in [0.15, 0.2) is 36.4 Å². The fourth-order valence-electron chi connectivity index (χ4n) is 3.47. The van der Waals surface area contributed by atoms with Gasteiger partial charge in [0.25, 0.3) is 0 Å². The molecule has 1 aliphatic rings. The summed E-state index contributed by atoms with van der Waals surface area (Å²) < 4.78 is 42.0. The molecule has 0 aliphatic carbocycles. The molecule has 1 saturated heterocycles. The molecule has 24 heavy (non-hydrogen) atoms. The zero-order valence-electron chi connectivity index (χ0n) is 13.7. The number of alkyl halides is 3. The lowest BCUT2D eigenvalue weighted by molar-refractivity contribution is -0.203. The van der Waals surface area contributed by atoms with Crippen LogP contribution in [0.5, 0.6) is 0 Å². The van der Waals surface area contributed by atoms with Crippen molar-refractivity contribution >= 4 is 16.7 Å². The maximum absolute atomic E-state index is 14.0. The molecule has 1 amide bonds. The summed E-state index contributed by atoms with van der Waals surface area (Å²) in [6, 6.07) is 8.44. The molecule has 0 saturated carbocycles. The molecule has 0 radical (unpaired) electrons. The van der Waals surface area contributed by atoms with Crippen LogP contribution < -0.4 is 5.43 Å². The number of halogens is 3. The second kappa shape index (κ2) is 5.48. The average Bonchev–Trinajstić information content (AvgIpc) is 2.70. The minimum atomic E-state index is -4.52. The van der Waals surface area contributed by atoms with E-state index in [1.54, 1.807) is 45.0 Å². The van der Waals surface area contributed by atoms with Gasteiger partial charge in [-0.05, 0) is 42.7 Å². The van der Waals surface area contributed by atoms with Gasteiger partial charge < -0.3 is 0 Å². The van der Waals surface area contributed by atoms with Crippen molar-refractivity contribution < 1.29 is 18.0 Å². The summed E-state index contributed by atoms with van der Waals surface area (Å²) in [5.74, 6) is -0.397. The van der Waals surface area contributed by atoms with Gasteiger partial charge in [0.1, 0.15) is 0 Å². The van der Waals surface area contributed by atoms with Gasteiger partial charge in [0.15, 0.2) is 6.04 Å². The number of hydrazine groups is 1. The van der Waals surface area contributed by atoms with Gasteiger partial charge in [0.05, 0.1) is 0 Å². The van der Waals surface area contributed by atoms with Crippen LogP contribution in [0.2, 0.25) is 0 Å². The molecule has 1 aliphatic heterocycles. The molecule has 128 valence electrons. The van der Waals surface area contributed by atoms with Crippen molar-refractivity contribution in [2.75, 3.05) is 0 Å². The second-order valence-corrected chi connectivity index (χ2v) is 6.86. The molecule has 3 rings (SSSR count). The van der Waals surface area contributed by atoms with E-state index in [0.717, 1.165) is 16.0 Å². The van der Waals surface area contributed by atoms with E-state index in [1.807, 2.05) is 6.07 Å². The molecule has 1 N–H and O–H groups in total. The molecule has 1 heterocycles. The van der Waals surface area contributed by atoms with E-state index >= 15 is 0 Å². The Hall–Kier alpha value is -2.08. The summed E-state index contributed by atoms with van der Waals surface area (Å²) in [5, 5.41) is 2.39. The topological polar surface area (TPSA) is 32.3 Å². The standard InChI is InChI=1S/C18H19F3N2O/c1-11-6-4-7-12-8-5-9-13(15(11)12)16(18(19,20)21)23-17(2,3)10-14(24)22-23/h4-9,16H,10H2,1-3H3,(H,22,24)/t16-/m0/s1. The number of carbonyl (C=O) groups is 1. The Bertz CT molecular complexity index is 793. The van der Waals surface area contributed by atoms with Crippen molar-refractivity contribution in [3.8, 4) is 0 Å². The molecular formula is C18H19F3N2O. The first-order valence-corrected chi connectivity index (χ1v) is 7.75. The number of nitrogens with one attached hydrogen (secondary N) is 1. The Balaban J connectivity index is 2.24. The number of aryl methyl sites for hydroxylation is 1. The summed E-state index contributed by atoms with van der Waals surface area (Å²) in [5.41, 5.74) is 2.42. The van der Waals surface area contributed by atoms with Crippen molar-refractivity contribution in [3.63, 3.8) is 0 Å². The zero-order chi connectivity index (χ0) is 17.7. The summed E-state index contributed by atoms with van der Waals surface area (Å²) in [6.45, 7) is 5.08. The molecule has 0 bridgehead atoms. The van der Waals surface area contributed by atoms with E-state index in [4.69, 9.17) is 0 Å². The zero-order valence-corrected chi connectivity index (χ0v) is 13.7. The molecule has 2 aromatic rings. The average molecular weight is 336 g/mol. The summed E-state index contributed by atoms with van der Waals surface area (Å²) in [4.78, 5) is 11.7. The van der Waals surface area contributed by atoms with E-state index in [0.29, 0.717) is 5.39 Å². The highest BCUT2D eigenvalue weighted by Crippen LogP contribution is 2.45. The summed E-state index contributed by atoms with van der Waals surface area (Å²) in [6.07, 6.45) is -4.49. The molecule has 6 heteroatoms. The van der Waals surface area contributed by atoms with Crippen LogP contribution in [0, 0.1) is 6.92 Å². The summed E-state index contributed by atoms with van der Waals surface area (Å²) >= 11 is 0. The maximum Gasteiger partial charge on any atom is 0.409 e. The van der Waals surface area contributed by atoms with Gasteiger partial charge >= 0.3 is 6.18 Å². The first-order valence-electron chi connectivity index (χ1n) is 7.75. The fourth-order valence-corrected chi connectivity index (χ4v) is 3.47. The van der Waals surface area contributed by atoms with E-state index in [2.05, 4.69) is 5.43 Å². The number of fused-ring (bicyclic) bond motifs is 1. The van der Waals surface area contributed by atoms with Crippen molar-refractivity contribution in [1.29, 1.82) is 0 Å². The van der Waals surface area contributed by atoms with E-state index in [9.17, 15) is 18.0 Å². The number of hydrogen-bond donors (Lipinski definition) is 1. The third-order valence-electron chi connectivity index (χ3n) is 4.50. The molecule has 3 nitrogen and oxygen atoms in total. The molecule has 1 atom stereocenters. The van der Waals surface area contributed by atoms with Gasteiger partial charge in [0.2, 0.25) is 5.91 Å². The van der Waals surface area contributed by atoms with Crippen LogP contribution >= 0.6 is 0 Å². The number of hydrogen-bond acceptors (Lipinski definition) is 2. The Kier molecular flexibility index (Phi) is 3.83. The van der Waals surface area contributed by atoms with Gasteiger partial charge in [-0.2, -0.15) is 18.2 Å². The quantitative estimate of drug-likeness (QED) is 0.888. The largest absolute Gasteiger partial charge is 0.409 e. The molecule has 0 aromatic heterocycles. The second-order valence-electron chi connectivity index (χ2n) is 6.86. The van der Waals surface area contributed by atoms with Crippen molar-refractivity contribution in [2.45, 2.75) is 44.9 Å². The van der Waals surface area contributed by atoms with E-state index in [-0.39, 0.29) is 12.0 Å². The predicted octanol–water partition coefficient (Wildman–Crippen LogP) is 4.27. The molecule has 2 aromatic carbocycles. The predicted molar refractivity (Wildman–Crippen MR) is 86.2 cm³/mol. The first kappa shape index (κ1) is 16.8. The smallest absolute Gasteiger partial charge is 0.287 e. The minimum absolute atomic E-state index is 0.0311. The maximum atomic E-state index is 14.0. The highest BCUT2D eigenvalue weighted by Gasteiger charge is 2.53. The van der Waals surface area contributed by atoms with Crippen LogP contribution in [0.25, 0.3) is 10.8 Å². The number of nitrogens with zero attached hydrogens (tertiary/aromatic N) is 1. The number of rotatable bonds is 2. The lowest BCUT2D eigenvalue weighted by Crippen LogP contribution is -2.51. The molecule has 0 unspecified atom stereocenters. The number of carbonyl (C=O) groups excluding carboxylic acids is 1. The van der Waals surface area contributed by atoms with Gasteiger partial charge in [-0.1, -0.05) is 36.4 Å². The Morgan fingerprint density at radius 3 is 2.33 bits per heavy atom. The van der Waals surface area contributed by atoms with Crippen molar-refractivity contribution in [3.05, 3.63) is 47.5 Å². The summed E-state index contributed by atoms with van der Waals surface area (Å²) in [7, 11) is 0. The normalized spacial score (nSPS) is 19.5. The number of benzene rings is 2. The first-order chi connectivity index (χ1) is 11.1. The molecule has 0 spiro atoms. The third-order valence-corrected chi connectivity index (χ3v) is 4.50. The van der Waals surface area contributed by atoms with Gasteiger partial charge in [-0.25, -0.2) is 0 Å². The monoisotopic (exact) mass is 336 g/mol. The highest BCUT2D eigenvalue weighted by molar-refractivity contribution is 5.89. The van der Waals surface area contributed by atoms with Crippen LogP contribution in [-0.2, 0) is 4.79 Å². The Labute approximate surface area is 138 Å².